The average Bonchev–Trinajstić information content (AvgIpc) is 2.64. The van der Waals surface area contributed by atoms with Crippen LogP contribution in [0.2, 0.25) is 5.02 Å². The molecule has 0 aliphatic carbocycles. The predicted octanol–water partition coefficient (Wildman–Crippen LogP) is 2.94. The third kappa shape index (κ3) is 2.48. The van der Waals surface area contributed by atoms with Gasteiger partial charge in [0.05, 0.1) is 23.4 Å². The van der Waals surface area contributed by atoms with Gasteiger partial charge in [-0.25, -0.2) is 4.39 Å². The lowest BCUT2D eigenvalue weighted by molar-refractivity contribution is -0.389. The predicted molar refractivity (Wildman–Crippen MR) is 64.1 cm³/mol. The van der Waals surface area contributed by atoms with Gasteiger partial charge >= 0.3 is 5.82 Å². The zero-order valence-electron chi connectivity index (χ0n) is 9.43. The molecule has 0 aliphatic heterocycles. The molecule has 18 heavy (non-hydrogen) atoms. The lowest BCUT2D eigenvalue weighted by Gasteiger charge is -2.03. The van der Waals surface area contributed by atoms with Crippen molar-refractivity contribution in [2.75, 3.05) is 0 Å². The van der Waals surface area contributed by atoms with Gasteiger partial charge in [0.1, 0.15) is 5.82 Å². The van der Waals surface area contributed by atoms with Gasteiger partial charge < -0.3 is 10.1 Å². The number of benzene rings is 1. The summed E-state index contributed by atoms with van der Waals surface area (Å²) < 4.78 is 14.3. The van der Waals surface area contributed by atoms with Gasteiger partial charge in [0.25, 0.3) is 0 Å². The number of rotatable bonds is 3. The molecule has 0 radical (unpaired) electrons. The Balaban J connectivity index is 2.31. The molecule has 0 amide bonds. The Morgan fingerprint density at radius 2 is 2.22 bits per heavy atom. The highest BCUT2D eigenvalue weighted by atomic mass is 35.5. The molecule has 2 aromatic rings. The molecule has 0 fully saturated rings. The number of nitro groups is 1. The van der Waals surface area contributed by atoms with E-state index in [1.165, 1.54) is 28.9 Å². The van der Waals surface area contributed by atoms with Crippen LogP contribution >= 0.6 is 11.6 Å². The summed E-state index contributed by atoms with van der Waals surface area (Å²) in [4.78, 5) is 10.0. The van der Waals surface area contributed by atoms with Crippen molar-refractivity contribution in [3.8, 4) is 0 Å². The molecule has 0 unspecified atom stereocenters. The van der Waals surface area contributed by atoms with Crippen LogP contribution in [-0.4, -0.2) is 14.7 Å². The second-order valence-electron chi connectivity index (χ2n) is 3.79. The Labute approximate surface area is 107 Å². The molecule has 0 spiro atoms. The maximum atomic E-state index is 12.9. The molecule has 1 aromatic heterocycles. The van der Waals surface area contributed by atoms with Crippen LogP contribution in [0.25, 0.3) is 0 Å². The Kier molecular flexibility index (Phi) is 3.29. The number of halogens is 2. The van der Waals surface area contributed by atoms with Gasteiger partial charge in [-0.2, -0.15) is 4.68 Å². The first kappa shape index (κ1) is 12.5. The first-order valence-corrected chi connectivity index (χ1v) is 5.48. The van der Waals surface area contributed by atoms with Gasteiger partial charge in [-0.15, -0.1) is 0 Å². The van der Waals surface area contributed by atoms with E-state index in [0.717, 1.165) is 0 Å². The SMILES string of the molecule is Cc1cc([N+](=O)[O-])nn1Cc1ccc(F)cc1Cl. The van der Waals surface area contributed by atoms with Gasteiger partial charge in [0.2, 0.25) is 0 Å². The second kappa shape index (κ2) is 4.73. The monoisotopic (exact) mass is 269 g/mol. The fourth-order valence-corrected chi connectivity index (χ4v) is 1.78. The molecule has 0 bridgehead atoms. The van der Waals surface area contributed by atoms with Gasteiger partial charge in [-0.1, -0.05) is 17.7 Å². The minimum Gasteiger partial charge on any atom is -0.358 e. The summed E-state index contributed by atoms with van der Waals surface area (Å²) >= 11 is 5.89. The molecule has 1 heterocycles. The van der Waals surface area contributed by atoms with Crippen LogP contribution in [0.4, 0.5) is 10.2 Å². The van der Waals surface area contributed by atoms with Gasteiger partial charge in [-0.3, -0.25) is 0 Å². The first-order valence-electron chi connectivity index (χ1n) is 5.10. The fourth-order valence-electron chi connectivity index (χ4n) is 1.55. The van der Waals surface area contributed by atoms with Crippen LogP contribution in [0.5, 0.6) is 0 Å². The molecule has 0 saturated carbocycles. The lowest BCUT2D eigenvalue weighted by Crippen LogP contribution is -2.05. The maximum Gasteiger partial charge on any atom is 0.390 e. The number of hydrogen-bond acceptors (Lipinski definition) is 3. The highest BCUT2D eigenvalue weighted by molar-refractivity contribution is 6.31. The Bertz CT molecular complexity index is 612. The van der Waals surface area contributed by atoms with E-state index in [1.807, 2.05) is 0 Å². The van der Waals surface area contributed by atoms with E-state index in [2.05, 4.69) is 5.10 Å². The van der Waals surface area contributed by atoms with E-state index in [9.17, 15) is 14.5 Å². The van der Waals surface area contributed by atoms with Crippen molar-refractivity contribution in [1.29, 1.82) is 0 Å². The van der Waals surface area contributed by atoms with E-state index in [-0.39, 0.29) is 17.4 Å². The summed E-state index contributed by atoms with van der Waals surface area (Å²) in [7, 11) is 0. The second-order valence-corrected chi connectivity index (χ2v) is 4.20. The summed E-state index contributed by atoms with van der Waals surface area (Å²) in [6.45, 7) is 1.97. The topological polar surface area (TPSA) is 61.0 Å². The summed E-state index contributed by atoms with van der Waals surface area (Å²) in [5, 5.41) is 14.7. The highest BCUT2D eigenvalue weighted by Crippen LogP contribution is 2.20. The van der Waals surface area contributed by atoms with Crippen molar-refractivity contribution in [3.63, 3.8) is 0 Å². The average molecular weight is 270 g/mol. The molecule has 1 aromatic carbocycles. The standard InChI is InChI=1S/C11H9ClFN3O2/c1-7-4-11(16(17)18)14-15(7)6-8-2-3-9(13)5-10(8)12/h2-5H,6H2,1H3. The van der Waals surface area contributed by atoms with Gasteiger partial charge in [0.15, 0.2) is 0 Å². The van der Waals surface area contributed by atoms with Crippen molar-refractivity contribution < 1.29 is 9.31 Å². The number of aromatic nitrogens is 2. The van der Waals surface area contributed by atoms with Gasteiger partial charge in [-0.05, 0) is 29.5 Å². The molecule has 0 N–H and O–H groups in total. The number of aryl methyl sites for hydroxylation is 1. The van der Waals surface area contributed by atoms with E-state index < -0.39 is 10.7 Å². The van der Waals surface area contributed by atoms with E-state index in [0.29, 0.717) is 11.3 Å². The van der Waals surface area contributed by atoms with Crippen LogP contribution in [0.15, 0.2) is 24.3 Å². The van der Waals surface area contributed by atoms with E-state index >= 15 is 0 Å². The lowest BCUT2D eigenvalue weighted by atomic mass is 10.2. The van der Waals surface area contributed by atoms with Crippen LogP contribution in [-0.2, 0) is 6.54 Å². The summed E-state index contributed by atoms with van der Waals surface area (Å²) in [6, 6.07) is 5.39. The molecule has 0 aliphatic rings. The summed E-state index contributed by atoms with van der Waals surface area (Å²) in [5.41, 5.74) is 1.29. The Hall–Kier alpha value is -1.95. The van der Waals surface area contributed by atoms with E-state index in [1.54, 1.807) is 6.92 Å². The van der Waals surface area contributed by atoms with Crippen LogP contribution in [0, 0.1) is 22.9 Å². The van der Waals surface area contributed by atoms with Crippen molar-refractivity contribution in [3.05, 3.63) is 56.5 Å². The normalized spacial score (nSPS) is 10.6. The minimum atomic E-state index is -0.560. The molecule has 2 rings (SSSR count). The fraction of sp³-hybridized carbons (Fsp3) is 0.182. The van der Waals surface area contributed by atoms with Crippen LogP contribution in [0.1, 0.15) is 11.3 Å². The zero-order chi connectivity index (χ0) is 13.3. The van der Waals surface area contributed by atoms with Crippen molar-refractivity contribution in [2.45, 2.75) is 13.5 Å². The first-order chi connectivity index (χ1) is 8.47. The third-order valence-corrected chi connectivity index (χ3v) is 2.84. The number of nitrogens with zero attached hydrogens (tertiary/aromatic N) is 3. The summed E-state index contributed by atoms with van der Waals surface area (Å²) in [5.74, 6) is -0.641. The van der Waals surface area contributed by atoms with Crippen LogP contribution < -0.4 is 0 Å². The third-order valence-electron chi connectivity index (χ3n) is 2.49. The zero-order valence-corrected chi connectivity index (χ0v) is 10.2. The number of hydrogen-bond donors (Lipinski definition) is 0. The van der Waals surface area contributed by atoms with Crippen molar-refractivity contribution in [1.82, 2.24) is 9.78 Å². The van der Waals surface area contributed by atoms with Gasteiger partial charge in [0, 0.05) is 5.02 Å². The van der Waals surface area contributed by atoms with Crippen LogP contribution in [0.3, 0.4) is 0 Å². The molecular formula is C11H9ClFN3O2. The molecule has 0 atom stereocenters. The molecule has 94 valence electrons. The molecule has 5 nitrogen and oxygen atoms in total. The van der Waals surface area contributed by atoms with Crippen molar-refractivity contribution in [2.24, 2.45) is 0 Å². The maximum absolute atomic E-state index is 12.9. The molecule has 0 saturated heterocycles. The highest BCUT2D eigenvalue weighted by Gasteiger charge is 2.16. The smallest absolute Gasteiger partial charge is 0.358 e. The molecular weight excluding hydrogens is 261 g/mol. The minimum absolute atomic E-state index is 0.217. The quantitative estimate of drug-likeness (QED) is 0.636. The Morgan fingerprint density at radius 1 is 1.50 bits per heavy atom. The van der Waals surface area contributed by atoms with Crippen molar-refractivity contribution >= 4 is 17.4 Å². The molecule has 7 heteroatoms. The Morgan fingerprint density at radius 3 is 2.78 bits per heavy atom. The van der Waals surface area contributed by atoms with E-state index in [4.69, 9.17) is 11.6 Å². The largest absolute Gasteiger partial charge is 0.390 e. The summed E-state index contributed by atoms with van der Waals surface area (Å²) in [6.07, 6.45) is 0.